The molecule has 0 spiro atoms. The Hall–Kier alpha value is -1.75. The van der Waals surface area contributed by atoms with Gasteiger partial charge in [-0.2, -0.15) is 0 Å². The van der Waals surface area contributed by atoms with Gasteiger partial charge >= 0.3 is 6.03 Å². The summed E-state index contributed by atoms with van der Waals surface area (Å²) in [5.74, 6) is 0. The highest BCUT2D eigenvalue weighted by atomic mass is 16.3. The molecule has 0 fully saturated rings. The fourth-order valence-electron chi connectivity index (χ4n) is 1.13. The third-order valence-corrected chi connectivity index (χ3v) is 1.82. The van der Waals surface area contributed by atoms with E-state index in [4.69, 9.17) is 5.73 Å². The van der Waals surface area contributed by atoms with Crippen LogP contribution >= 0.6 is 0 Å². The van der Waals surface area contributed by atoms with Gasteiger partial charge in [-0.15, -0.1) is 0 Å². The number of aliphatic hydroxyl groups excluding tert-OH is 1. The molecule has 0 aliphatic rings. The normalized spacial score (nSPS) is 11.8. The van der Waals surface area contributed by atoms with Crippen LogP contribution in [0.1, 0.15) is 6.42 Å². The summed E-state index contributed by atoms with van der Waals surface area (Å²) in [4.78, 5) is 10.3. The van der Waals surface area contributed by atoms with Crippen LogP contribution in [0.3, 0.4) is 0 Å². The Morgan fingerprint density at radius 3 is 2.67 bits per heavy atom. The molecule has 0 saturated carbocycles. The molecule has 5 N–H and O–H groups in total. The van der Waals surface area contributed by atoms with Crippen molar-refractivity contribution in [1.82, 2.24) is 5.32 Å². The molecule has 0 aliphatic carbocycles. The fourth-order valence-corrected chi connectivity index (χ4v) is 1.13. The number of aliphatic hydroxyl groups is 1. The van der Waals surface area contributed by atoms with Gasteiger partial charge in [0.2, 0.25) is 0 Å². The molecule has 0 aromatic heterocycles. The van der Waals surface area contributed by atoms with Gasteiger partial charge in [-0.1, -0.05) is 18.2 Å². The molecule has 0 radical (unpaired) electrons. The van der Waals surface area contributed by atoms with E-state index in [-0.39, 0.29) is 0 Å². The summed E-state index contributed by atoms with van der Waals surface area (Å²) in [6, 6.07) is 8.76. The molecular weight excluding hydrogens is 194 g/mol. The molecule has 0 bridgehead atoms. The van der Waals surface area contributed by atoms with Crippen LogP contribution in [0.2, 0.25) is 0 Å². The molecule has 1 unspecified atom stereocenters. The zero-order valence-corrected chi connectivity index (χ0v) is 8.31. The van der Waals surface area contributed by atoms with Crippen LogP contribution in [0.25, 0.3) is 0 Å². The molecule has 15 heavy (non-hydrogen) atoms. The summed E-state index contributed by atoms with van der Waals surface area (Å²) in [5.41, 5.74) is 5.72. The van der Waals surface area contributed by atoms with E-state index in [1.165, 1.54) is 0 Å². The molecule has 0 aliphatic heterocycles. The number of amides is 2. The predicted molar refractivity (Wildman–Crippen MR) is 58.3 cm³/mol. The first kappa shape index (κ1) is 11.3. The Kier molecular flexibility index (Phi) is 4.43. The van der Waals surface area contributed by atoms with E-state index in [1.807, 2.05) is 30.3 Å². The zero-order valence-electron chi connectivity index (χ0n) is 8.31. The maximum atomic E-state index is 10.3. The largest absolute Gasteiger partial charge is 0.374 e. The van der Waals surface area contributed by atoms with Crippen LogP contribution in [0.5, 0.6) is 0 Å². The minimum absolute atomic E-state index is 0.344. The zero-order chi connectivity index (χ0) is 11.1. The van der Waals surface area contributed by atoms with Crippen molar-refractivity contribution >= 4 is 11.7 Å². The lowest BCUT2D eigenvalue weighted by molar-refractivity contribution is 0.192. The van der Waals surface area contributed by atoms with Crippen LogP contribution in [-0.2, 0) is 0 Å². The summed E-state index contributed by atoms with van der Waals surface area (Å²) in [6.07, 6.45) is -0.295. The van der Waals surface area contributed by atoms with Gasteiger partial charge in [0, 0.05) is 18.7 Å². The van der Waals surface area contributed by atoms with E-state index in [2.05, 4.69) is 10.6 Å². The minimum atomic E-state index is -0.695. The number of primary amides is 1. The van der Waals surface area contributed by atoms with Gasteiger partial charge in [0.25, 0.3) is 0 Å². The van der Waals surface area contributed by atoms with Crippen molar-refractivity contribution in [3.8, 4) is 0 Å². The van der Waals surface area contributed by atoms with E-state index in [9.17, 15) is 9.90 Å². The summed E-state index contributed by atoms with van der Waals surface area (Å²) in [5, 5.41) is 14.8. The first-order valence-corrected chi connectivity index (χ1v) is 4.71. The van der Waals surface area contributed by atoms with Crippen LogP contribution in [0, 0.1) is 0 Å². The third kappa shape index (κ3) is 4.87. The Labute approximate surface area is 88.3 Å². The molecule has 1 rings (SSSR count). The van der Waals surface area contributed by atoms with Gasteiger partial charge in [-0.05, 0) is 12.1 Å². The first-order chi connectivity index (χ1) is 7.18. The summed E-state index contributed by atoms with van der Waals surface area (Å²) >= 11 is 0. The molecule has 0 saturated heterocycles. The van der Waals surface area contributed by atoms with Gasteiger partial charge in [0.15, 0.2) is 0 Å². The molecule has 5 nitrogen and oxygen atoms in total. The van der Waals surface area contributed by atoms with Crippen LogP contribution in [0.4, 0.5) is 10.5 Å². The number of nitrogens with one attached hydrogen (secondary N) is 2. The number of urea groups is 1. The predicted octanol–water partition coefficient (Wildman–Crippen LogP) is 0.475. The molecule has 2 amide bonds. The number of hydrogen-bond donors (Lipinski definition) is 4. The fraction of sp³-hybridized carbons (Fsp3) is 0.300. The Morgan fingerprint density at radius 2 is 2.07 bits per heavy atom. The van der Waals surface area contributed by atoms with Crippen molar-refractivity contribution in [2.24, 2.45) is 5.73 Å². The molecule has 0 heterocycles. The van der Waals surface area contributed by atoms with Crippen molar-refractivity contribution in [2.45, 2.75) is 12.6 Å². The Morgan fingerprint density at radius 1 is 1.40 bits per heavy atom. The Bertz CT molecular complexity index is 303. The molecule has 1 aromatic rings. The van der Waals surface area contributed by atoms with Gasteiger partial charge in [-0.25, -0.2) is 4.79 Å². The smallest absolute Gasteiger partial charge is 0.312 e. The van der Waals surface area contributed by atoms with Crippen LogP contribution in [0.15, 0.2) is 30.3 Å². The molecule has 1 atom stereocenters. The third-order valence-electron chi connectivity index (χ3n) is 1.82. The monoisotopic (exact) mass is 209 g/mol. The average molecular weight is 209 g/mol. The lowest BCUT2D eigenvalue weighted by Crippen LogP contribution is -2.33. The standard InChI is InChI=1S/C10H15N3O2/c11-10(15)12-7-6-9(14)13-8-4-2-1-3-5-8/h1-5,9,13-14H,6-7H2,(H3,11,12,15). The second-order valence-corrected chi connectivity index (χ2v) is 3.11. The maximum Gasteiger partial charge on any atom is 0.312 e. The highest BCUT2D eigenvalue weighted by molar-refractivity contribution is 5.71. The summed E-state index contributed by atoms with van der Waals surface area (Å²) in [7, 11) is 0. The van der Waals surface area contributed by atoms with Gasteiger partial charge in [0.05, 0.1) is 0 Å². The topological polar surface area (TPSA) is 87.4 Å². The van der Waals surface area contributed by atoms with Crippen molar-refractivity contribution in [3.05, 3.63) is 30.3 Å². The van der Waals surface area contributed by atoms with Crippen molar-refractivity contribution in [2.75, 3.05) is 11.9 Å². The number of rotatable bonds is 5. The number of anilines is 1. The van der Waals surface area contributed by atoms with E-state index in [1.54, 1.807) is 0 Å². The highest BCUT2D eigenvalue weighted by Crippen LogP contribution is 2.06. The number of hydrogen-bond acceptors (Lipinski definition) is 3. The number of carbonyl (C=O) groups excluding carboxylic acids is 1. The Balaban J connectivity index is 2.24. The van der Waals surface area contributed by atoms with E-state index in [0.717, 1.165) is 5.69 Å². The summed E-state index contributed by atoms with van der Waals surface area (Å²) in [6.45, 7) is 0.344. The maximum absolute atomic E-state index is 10.3. The van der Waals surface area contributed by atoms with E-state index >= 15 is 0 Å². The number of benzene rings is 1. The SMILES string of the molecule is NC(=O)NCCC(O)Nc1ccccc1. The number of nitrogens with two attached hydrogens (primary N) is 1. The van der Waals surface area contributed by atoms with Crippen molar-refractivity contribution in [3.63, 3.8) is 0 Å². The second-order valence-electron chi connectivity index (χ2n) is 3.11. The van der Waals surface area contributed by atoms with Crippen LogP contribution in [-0.4, -0.2) is 23.9 Å². The van der Waals surface area contributed by atoms with Crippen LogP contribution < -0.4 is 16.4 Å². The second kappa shape index (κ2) is 5.87. The van der Waals surface area contributed by atoms with Gasteiger partial charge < -0.3 is 21.5 Å². The van der Waals surface area contributed by atoms with E-state index < -0.39 is 12.3 Å². The number of para-hydroxylation sites is 1. The lowest BCUT2D eigenvalue weighted by atomic mass is 10.3. The van der Waals surface area contributed by atoms with E-state index in [0.29, 0.717) is 13.0 Å². The minimum Gasteiger partial charge on any atom is -0.374 e. The van der Waals surface area contributed by atoms with Gasteiger partial charge in [0.1, 0.15) is 6.23 Å². The average Bonchev–Trinajstić information content (AvgIpc) is 2.18. The molecule has 5 heteroatoms. The highest BCUT2D eigenvalue weighted by Gasteiger charge is 2.03. The first-order valence-electron chi connectivity index (χ1n) is 4.71. The summed E-state index contributed by atoms with van der Waals surface area (Å²) < 4.78 is 0. The number of carbonyl (C=O) groups is 1. The molecular formula is C10H15N3O2. The van der Waals surface area contributed by atoms with Crippen molar-refractivity contribution < 1.29 is 9.90 Å². The molecule has 1 aromatic carbocycles. The lowest BCUT2D eigenvalue weighted by Gasteiger charge is -2.13. The quantitative estimate of drug-likeness (QED) is 0.532. The van der Waals surface area contributed by atoms with Gasteiger partial charge in [-0.3, -0.25) is 0 Å². The molecule has 82 valence electrons. The van der Waals surface area contributed by atoms with Crippen molar-refractivity contribution in [1.29, 1.82) is 0 Å².